The van der Waals surface area contributed by atoms with Gasteiger partial charge < -0.3 is 15.0 Å². The first kappa shape index (κ1) is 20.1. The van der Waals surface area contributed by atoms with Crippen molar-refractivity contribution in [3.63, 3.8) is 0 Å². The van der Waals surface area contributed by atoms with Gasteiger partial charge in [-0.15, -0.1) is 0 Å². The van der Waals surface area contributed by atoms with Gasteiger partial charge in [0.2, 0.25) is 0 Å². The fourth-order valence-corrected chi connectivity index (χ4v) is 2.22. The second kappa shape index (κ2) is 9.19. The van der Waals surface area contributed by atoms with Gasteiger partial charge in [-0.2, -0.15) is 0 Å². The molecule has 4 nitrogen and oxygen atoms in total. The number of carbonyl (C=O) groups is 2. The van der Waals surface area contributed by atoms with E-state index in [1.807, 2.05) is 13.8 Å². The number of hydrogen-bond acceptors (Lipinski definition) is 3. The minimum Gasteiger partial charge on any atom is -0.481 e. The van der Waals surface area contributed by atoms with E-state index in [4.69, 9.17) is 5.11 Å². The van der Waals surface area contributed by atoms with Crippen LogP contribution in [0.25, 0.3) is 0 Å². The number of unbranched alkanes of at least 4 members (excludes halogenated alkanes) is 2. The standard InChI is InChI=1S/C17H32O4/c1-16(2,13-18)11-7-5-9-14(19)10-6-8-12-17(3,4)15(20)21/h13-14,19H,5-12H2,1-4H3,(H,20,21). The number of aldehydes is 1. The molecule has 0 rings (SSSR count). The highest BCUT2D eigenvalue weighted by Gasteiger charge is 2.26. The Morgan fingerprint density at radius 1 is 1.00 bits per heavy atom. The summed E-state index contributed by atoms with van der Waals surface area (Å²) in [6.45, 7) is 7.34. The van der Waals surface area contributed by atoms with Crippen LogP contribution in [0.15, 0.2) is 0 Å². The molecular formula is C17H32O4. The van der Waals surface area contributed by atoms with Gasteiger partial charge in [0.25, 0.3) is 0 Å². The molecule has 21 heavy (non-hydrogen) atoms. The molecule has 0 aromatic carbocycles. The number of carboxylic acids is 1. The Labute approximate surface area is 128 Å². The Morgan fingerprint density at radius 3 is 1.90 bits per heavy atom. The van der Waals surface area contributed by atoms with E-state index in [0.717, 1.165) is 51.2 Å². The molecule has 0 aliphatic heterocycles. The predicted molar refractivity (Wildman–Crippen MR) is 84.2 cm³/mol. The van der Waals surface area contributed by atoms with Crippen LogP contribution in [0.3, 0.4) is 0 Å². The zero-order valence-corrected chi connectivity index (χ0v) is 14.0. The fraction of sp³-hybridized carbons (Fsp3) is 0.882. The molecular weight excluding hydrogens is 268 g/mol. The van der Waals surface area contributed by atoms with Crippen molar-refractivity contribution in [2.24, 2.45) is 10.8 Å². The third-order valence-electron chi connectivity index (χ3n) is 4.10. The van der Waals surface area contributed by atoms with E-state index in [1.54, 1.807) is 13.8 Å². The molecule has 4 heteroatoms. The highest BCUT2D eigenvalue weighted by atomic mass is 16.4. The third-order valence-corrected chi connectivity index (χ3v) is 4.10. The maximum Gasteiger partial charge on any atom is 0.309 e. The van der Waals surface area contributed by atoms with Crippen molar-refractivity contribution in [3.8, 4) is 0 Å². The van der Waals surface area contributed by atoms with E-state index in [9.17, 15) is 14.7 Å². The number of aliphatic hydroxyl groups excluding tert-OH is 1. The molecule has 0 aliphatic rings. The zero-order valence-electron chi connectivity index (χ0n) is 14.0. The summed E-state index contributed by atoms with van der Waals surface area (Å²) in [6, 6.07) is 0. The minimum atomic E-state index is -0.763. The molecule has 0 aromatic heterocycles. The maximum absolute atomic E-state index is 11.0. The van der Waals surface area contributed by atoms with Crippen molar-refractivity contribution in [1.29, 1.82) is 0 Å². The number of carboxylic acid groups (broad SMARTS) is 1. The molecule has 0 aromatic rings. The van der Waals surface area contributed by atoms with Gasteiger partial charge in [0.05, 0.1) is 11.5 Å². The Bertz CT molecular complexity index is 321. The van der Waals surface area contributed by atoms with Crippen LogP contribution < -0.4 is 0 Å². The molecule has 0 heterocycles. The van der Waals surface area contributed by atoms with Gasteiger partial charge in [-0.3, -0.25) is 4.79 Å². The van der Waals surface area contributed by atoms with E-state index in [1.165, 1.54) is 0 Å². The normalized spacial score (nSPS) is 14.0. The van der Waals surface area contributed by atoms with Gasteiger partial charge in [0, 0.05) is 5.41 Å². The molecule has 1 atom stereocenters. The average molecular weight is 300 g/mol. The van der Waals surface area contributed by atoms with Crippen molar-refractivity contribution in [2.45, 2.75) is 85.2 Å². The van der Waals surface area contributed by atoms with Gasteiger partial charge in [0.1, 0.15) is 6.29 Å². The van der Waals surface area contributed by atoms with Crippen LogP contribution in [-0.2, 0) is 9.59 Å². The van der Waals surface area contributed by atoms with E-state index < -0.39 is 11.4 Å². The number of hydrogen-bond donors (Lipinski definition) is 2. The van der Waals surface area contributed by atoms with Crippen molar-refractivity contribution in [2.75, 3.05) is 0 Å². The van der Waals surface area contributed by atoms with Gasteiger partial charge >= 0.3 is 5.97 Å². The zero-order chi connectivity index (χ0) is 16.5. The lowest BCUT2D eigenvalue weighted by Crippen LogP contribution is -2.23. The highest BCUT2D eigenvalue weighted by Crippen LogP contribution is 2.25. The van der Waals surface area contributed by atoms with Crippen LogP contribution in [0, 0.1) is 10.8 Å². The molecule has 0 bridgehead atoms. The third kappa shape index (κ3) is 9.62. The van der Waals surface area contributed by atoms with Crippen LogP contribution in [0.2, 0.25) is 0 Å². The van der Waals surface area contributed by atoms with Crippen LogP contribution >= 0.6 is 0 Å². The second-order valence-electron chi connectivity index (χ2n) is 7.44. The first-order valence-corrected chi connectivity index (χ1v) is 7.98. The van der Waals surface area contributed by atoms with Gasteiger partial charge in [-0.05, 0) is 39.5 Å². The number of rotatable bonds is 12. The first-order valence-electron chi connectivity index (χ1n) is 7.98. The average Bonchev–Trinajstić information content (AvgIpc) is 2.39. The summed E-state index contributed by atoms with van der Waals surface area (Å²) in [7, 11) is 0. The minimum absolute atomic E-state index is 0.257. The number of carbonyl (C=O) groups excluding carboxylic acids is 1. The lowest BCUT2D eigenvalue weighted by atomic mass is 9.86. The van der Waals surface area contributed by atoms with Crippen LogP contribution in [0.5, 0.6) is 0 Å². The molecule has 0 saturated heterocycles. The summed E-state index contributed by atoms with van der Waals surface area (Å²) in [5.41, 5.74) is -0.932. The lowest BCUT2D eigenvalue weighted by Gasteiger charge is -2.19. The van der Waals surface area contributed by atoms with Crippen LogP contribution in [0.4, 0.5) is 0 Å². The quantitative estimate of drug-likeness (QED) is 0.424. The molecule has 2 N–H and O–H groups in total. The number of aliphatic carboxylic acids is 1. The van der Waals surface area contributed by atoms with E-state index >= 15 is 0 Å². The summed E-state index contributed by atoms with van der Waals surface area (Å²) in [5.74, 6) is -0.763. The smallest absolute Gasteiger partial charge is 0.309 e. The molecule has 1 unspecified atom stereocenters. The Kier molecular flexibility index (Phi) is 8.79. The molecule has 124 valence electrons. The summed E-state index contributed by atoms with van der Waals surface area (Å²) in [4.78, 5) is 21.7. The molecule has 0 amide bonds. The van der Waals surface area contributed by atoms with E-state index in [-0.39, 0.29) is 11.5 Å². The van der Waals surface area contributed by atoms with Gasteiger partial charge in [-0.1, -0.05) is 39.5 Å². The molecule has 0 saturated carbocycles. The largest absolute Gasteiger partial charge is 0.481 e. The van der Waals surface area contributed by atoms with E-state index in [2.05, 4.69) is 0 Å². The van der Waals surface area contributed by atoms with Gasteiger partial charge in [-0.25, -0.2) is 0 Å². The van der Waals surface area contributed by atoms with E-state index in [0.29, 0.717) is 6.42 Å². The Balaban J connectivity index is 3.66. The summed E-state index contributed by atoms with van der Waals surface area (Å²) in [5, 5.41) is 18.9. The lowest BCUT2D eigenvalue weighted by molar-refractivity contribution is -0.147. The predicted octanol–water partition coefficient (Wildman–Crippen LogP) is 3.80. The van der Waals surface area contributed by atoms with Crippen molar-refractivity contribution in [3.05, 3.63) is 0 Å². The second-order valence-corrected chi connectivity index (χ2v) is 7.44. The van der Waals surface area contributed by atoms with Crippen molar-refractivity contribution < 1.29 is 19.8 Å². The number of aliphatic hydroxyl groups is 1. The SMILES string of the molecule is CC(C)(C=O)CCCCC(O)CCCCC(C)(C)C(=O)O. The molecule has 0 radical (unpaired) electrons. The topological polar surface area (TPSA) is 74.6 Å². The highest BCUT2D eigenvalue weighted by molar-refractivity contribution is 5.73. The molecule has 0 aliphatic carbocycles. The summed E-state index contributed by atoms with van der Waals surface area (Å²) >= 11 is 0. The Morgan fingerprint density at radius 2 is 1.48 bits per heavy atom. The van der Waals surface area contributed by atoms with Crippen molar-refractivity contribution >= 4 is 12.3 Å². The molecule has 0 fully saturated rings. The fourth-order valence-electron chi connectivity index (χ4n) is 2.22. The van der Waals surface area contributed by atoms with Crippen LogP contribution in [0.1, 0.15) is 79.1 Å². The monoisotopic (exact) mass is 300 g/mol. The Hall–Kier alpha value is -0.900. The van der Waals surface area contributed by atoms with Gasteiger partial charge in [0.15, 0.2) is 0 Å². The van der Waals surface area contributed by atoms with Crippen LogP contribution in [-0.4, -0.2) is 28.6 Å². The van der Waals surface area contributed by atoms with Crippen molar-refractivity contribution in [1.82, 2.24) is 0 Å². The molecule has 0 spiro atoms. The summed E-state index contributed by atoms with van der Waals surface area (Å²) < 4.78 is 0. The maximum atomic E-state index is 11.0. The first-order chi connectivity index (χ1) is 9.60. The summed E-state index contributed by atoms with van der Waals surface area (Å²) in [6.07, 6.45) is 7.24.